The van der Waals surface area contributed by atoms with Gasteiger partial charge >= 0.3 is 0 Å². The topological polar surface area (TPSA) is 74.5 Å². The van der Waals surface area contributed by atoms with Crippen molar-refractivity contribution in [2.45, 2.75) is 0 Å². The van der Waals surface area contributed by atoms with Gasteiger partial charge in [0.05, 0.1) is 26.8 Å². The molecule has 1 aliphatic rings. The van der Waals surface area contributed by atoms with Crippen LogP contribution in [0.1, 0.15) is 10.6 Å². The van der Waals surface area contributed by atoms with Gasteiger partial charge in [-0.25, -0.2) is 4.98 Å². The smallest absolute Gasteiger partial charge is 0.280 e. The Morgan fingerprint density at radius 3 is 2.74 bits per heavy atom. The fourth-order valence-electron chi connectivity index (χ4n) is 3.15. The highest BCUT2D eigenvalue weighted by Gasteiger charge is 2.22. The lowest BCUT2D eigenvalue weighted by Crippen LogP contribution is -1.93. The van der Waals surface area contributed by atoms with Gasteiger partial charge in [-0.05, 0) is 29.7 Å². The van der Waals surface area contributed by atoms with Gasteiger partial charge < -0.3 is 9.47 Å². The fraction of sp³-hybridized carbons (Fsp3) is 0.0500. The van der Waals surface area contributed by atoms with Crippen LogP contribution >= 0.6 is 11.3 Å². The summed E-state index contributed by atoms with van der Waals surface area (Å²) in [4.78, 5) is 15.7. The molecule has 4 aromatic rings. The van der Waals surface area contributed by atoms with Crippen LogP contribution in [0.15, 0.2) is 48.5 Å². The minimum atomic E-state index is -0.423. The average molecular weight is 376 g/mol. The van der Waals surface area contributed by atoms with Gasteiger partial charge in [-0.3, -0.25) is 10.1 Å². The number of rotatable bonds is 3. The van der Waals surface area contributed by atoms with Crippen molar-refractivity contribution in [2.75, 3.05) is 6.79 Å². The Balaban J connectivity index is 1.58. The van der Waals surface area contributed by atoms with E-state index in [4.69, 9.17) is 14.5 Å². The second-order valence-corrected chi connectivity index (χ2v) is 7.10. The molecule has 0 unspecified atom stereocenters. The Hall–Kier alpha value is -3.45. The molecule has 3 aromatic carbocycles. The van der Waals surface area contributed by atoms with Gasteiger partial charge in [-0.1, -0.05) is 30.3 Å². The van der Waals surface area contributed by atoms with Gasteiger partial charge in [0.15, 0.2) is 11.5 Å². The largest absolute Gasteiger partial charge is 0.454 e. The van der Waals surface area contributed by atoms with Gasteiger partial charge in [0, 0.05) is 5.39 Å². The van der Waals surface area contributed by atoms with Crippen LogP contribution in [0.3, 0.4) is 0 Å². The van der Waals surface area contributed by atoms with Crippen LogP contribution in [0.4, 0.5) is 5.69 Å². The van der Waals surface area contributed by atoms with Crippen LogP contribution in [-0.2, 0) is 0 Å². The van der Waals surface area contributed by atoms with Crippen LogP contribution in [0.2, 0.25) is 0 Å². The van der Waals surface area contributed by atoms with E-state index in [1.165, 1.54) is 6.07 Å². The molecule has 0 N–H and O–H groups in total. The first-order valence-corrected chi connectivity index (χ1v) is 9.05. The Labute approximate surface area is 157 Å². The summed E-state index contributed by atoms with van der Waals surface area (Å²) in [5.41, 5.74) is 1.37. The molecule has 0 fully saturated rings. The molecule has 7 heteroatoms. The van der Waals surface area contributed by atoms with Crippen molar-refractivity contribution in [2.24, 2.45) is 0 Å². The van der Waals surface area contributed by atoms with E-state index < -0.39 is 4.92 Å². The Morgan fingerprint density at radius 1 is 1.07 bits per heavy atom. The zero-order valence-corrected chi connectivity index (χ0v) is 14.7. The van der Waals surface area contributed by atoms with Crippen molar-refractivity contribution >= 4 is 50.2 Å². The zero-order valence-electron chi connectivity index (χ0n) is 13.9. The number of hydrogen-bond donors (Lipinski definition) is 0. The molecule has 0 atom stereocenters. The molecule has 1 aromatic heterocycles. The van der Waals surface area contributed by atoms with Crippen molar-refractivity contribution < 1.29 is 14.4 Å². The Bertz CT molecular complexity index is 1250. The number of hydrogen-bond acceptors (Lipinski definition) is 6. The standard InChI is InChI=1S/C20H12N2O4S/c23-22(24)15-10-17-16(25-11-26-17)9-13(15)6-8-19-21-20-14-4-2-1-3-12(14)5-7-18(20)27-19/h1-10H,11H2. The maximum absolute atomic E-state index is 11.4. The molecule has 1 aliphatic heterocycles. The summed E-state index contributed by atoms with van der Waals surface area (Å²) in [6.07, 6.45) is 3.49. The third-order valence-electron chi connectivity index (χ3n) is 4.42. The van der Waals surface area contributed by atoms with E-state index in [-0.39, 0.29) is 12.5 Å². The van der Waals surface area contributed by atoms with Crippen molar-refractivity contribution in [1.29, 1.82) is 0 Å². The second kappa shape index (κ2) is 6.07. The molecule has 0 saturated carbocycles. The number of benzene rings is 3. The second-order valence-electron chi connectivity index (χ2n) is 6.04. The molecule has 0 spiro atoms. The quantitative estimate of drug-likeness (QED) is 0.360. The highest BCUT2D eigenvalue weighted by Crippen LogP contribution is 2.39. The molecular formula is C20H12N2O4S. The average Bonchev–Trinajstić information content (AvgIpc) is 3.31. The monoisotopic (exact) mass is 376 g/mol. The minimum Gasteiger partial charge on any atom is -0.454 e. The van der Waals surface area contributed by atoms with Gasteiger partial charge in [-0.2, -0.15) is 0 Å². The van der Waals surface area contributed by atoms with Crippen LogP contribution in [0.25, 0.3) is 33.1 Å². The van der Waals surface area contributed by atoms with E-state index in [9.17, 15) is 10.1 Å². The number of nitrogens with zero attached hydrogens (tertiary/aromatic N) is 2. The van der Waals surface area contributed by atoms with E-state index in [2.05, 4.69) is 18.2 Å². The van der Waals surface area contributed by atoms with E-state index in [0.29, 0.717) is 17.1 Å². The molecule has 27 heavy (non-hydrogen) atoms. The molecule has 0 amide bonds. The third-order valence-corrected chi connectivity index (χ3v) is 5.41. The van der Waals surface area contributed by atoms with Crippen LogP contribution in [0.5, 0.6) is 11.5 Å². The summed E-state index contributed by atoms with van der Waals surface area (Å²) < 4.78 is 11.6. The SMILES string of the molecule is O=[N+]([O-])c1cc2c(cc1C=Cc1nc3c(ccc4ccccc43)s1)OCO2. The third kappa shape index (κ3) is 2.69. The molecule has 0 aliphatic carbocycles. The van der Waals surface area contributed by atoms with Crippen LogP contribution in [0, 0.1) is 10.1 Å². The molecule has 0 bridgehead atoms. The zero-order chi connectivity index (χ0) is 18.4. The summed E-state index contributed by atoms with van der Waals surface area (Å²) in [5.74, 6) is 0.904. The van der Waals surface area contributed by atoms with Gasteiger partial charge in [0.25, 0.3) is 5.69 Å². The van der Waals surface area contributed by atoms with Crippen molar-refractivity contribution in [3.63, 3.8) is 0 Å². The molecule has 5 rings (SSSR count). The highest BCUT2D eigenvalue weighted by atomic mass is 32.1. The summed E-state index contributed by atoms with van der Waals surface area (Å²) in [6, 6.07) is 15.2. The maximum atomic E-state index is 11.4. The normalized spacial score (nSPS) is 13.0. The lowest BCUT2D eigenvalue weighted by molar-refractivity contribution is -0.385. The maximum Gasteiger partial charge on any atom is 0.280 e. The number of ether oxygens (including phenoxy) is 2. The van der Waals surface area contributed by atoms with Gasteiger partial charge in [0.2, 0.25) is 6.79 Å². The van der Waals surface area contributed by atoms with Crippen LogP contribution in [-0.4, -0.2) is 16.7 Å². The van der Waals surface area contributed by atoms with Crippen LogP contribution < -0.4 is 9.47 Å². The minimum absolute atomic E-state index is 0.0259. The first-order chi connectivity index (χ1) is 13.2. The molecule has 0 saturated heterocycles. The number of fused-ring (bicyclic) bond motifs is 4. The Kier molecular flexibility index (Phi) is 3.54. The first kappa shape index (κ1) is 15.8. The van der Waals surface area contributed by atoms with E-state index in [0.717, 1.165) is 26.0 Å². The first-order valence-electron chi connectivity index (χ1n) is 8.23. The summed E-state index contributed by atoms with van der Waals surface area (Å²) in [6.45, 7) is 0.0740. The molecular weight excluding hydrogens is 364 g/mol. The molecule has 0 radical (unpaired) electrons. The van der Waals surface area contributed by atoms with Crippen molar-refractivity contribution in [1.82, 2.24) is 4.98 Å². The predicted molar refractivity (Wildman–Crippen MR) is 105 cm³/mol. The number of nitro benzene ring substituents is 1. The summed E-state index contributed by atoms with van der Waals surface area (Å²) in [7, 11) is 0. The number of nitro groups is 1. The Morgan fingerprint density at radius 2 is 1.89 bits per heavy atom. The highest BCUT2D eigenvalue weighted by molar-refractivity contribution is 7.19. The number of aromatic nitrogens is 1. The van der Waals surface area contributed by atoms with Crippen molar-refractivity contribution in [3.8, 4) is 11.5 Å². The number of thiazole rings is 1. The summed E-state index contributed by atoms with van der Waals surface area (Å²) in [5, 5.41) is 14.4. The van der Waals surface area contributed by atoms with E-state index >= 15 is 0 Å². The fourth-order valence-corrected chi connectivity index (χ4v) is 4.04. The molecule has 2 heterocycles. The lowest BCUT2D eigenvalue weighted by atomic mass is 10.1. The molecule has 6 nitrogen and oxygen atoms in total. The lowest BCUT2D eigenvalue weighted by Gasteiger charge is -2.00. The molecule has 132 valence electrons. The predicted octanol–water partition coefficient (Wildman–Crippen LogP) is 5.26. The van der Waals surface area contributed by atoms with E-state index in [1.54, 1.807) is 29.6 Å². The van der Waals surface area contributed by atoms with E-state index in [1.807, 2.05) is 18.2 Å². The van der Waals surface area contributed by atoms with Gasteiger partial charge in [-0.15, -0.1) is 11.3 Å². The summed E-state index contributed by atoms with van der Waals surface area (Å²) >= 11 is 1.55. The van der Waals surface area contributed by atoms with Gasteiger partial charge in [0.1, 0.15) is 5.01 Å². The van der Waals surface area contributed by atoms with Crippen molar-refractivity contribution in [3.05, 3.63) is 69.2 Å².